The second-order valence-corrected chi connectivity index (χ2v) is 10.4. The average molecular weight is 389 g/mol. The van der Waals surface area contributed by atoms with E-state index >= 15 is 0 Å². The van der Waals surface area contributed by atoms with E-state index in [0.29, 0.717) is 13.0 Å². The normalized spacial score (nSPS) is 22.0. The highest BCUT2D eigenvalue weighted by Gasteiger charge is 2.29. The van der Waals surface area contributed by atoms with Gasteiger partial charge in [0, 0.05) is 18.8 Å². The lowest BCUT2D eigenvalue weighted by Gasteiger charge is -2.19. The maximum atomic E-state index is 10.7. The van der Waals surface area contributed by atoms with Crippen molar-refractivity contribution in [2.24, 2.45) is 0 Å². The Kier molecular flexibility index (Phi) is 5.74. The van der Waals surface area contributed by atoms with Crippen LogP contribution in [-0.2, 0) is 23.8 Å². The van der Waals surface area contributed by atoms with Gasteiger partial charge in [-0.1, -0.05) is 41.5 Å². The Bertz CT molecular complexity index is 794. The summed E-state index contributed by atoms with van der Waals surface area (Å²) in [4.78, 5) is 0. The molecule has 1 fully saturated rings. The van der Waals surface area contributed by atoms with Crippen LogP contribution in [0.2, 0.25) is 0 Å². The lowest BCUT2D eigenvalue weighted by atomic mass is 9.86. The predicted octanol–water partition coefficient (Wildman–Crippen LogP) is 3.36. The molecule has 28 heavy (non-hydrogen) atoms. The number of aromatic nitrogens is 4. The van der Waals surface area contributed by atoms with E-state index in [4.69, 9.17) is 5.10 Å². The summed E-state index contributed by atoms with van der Waals surface area (Å²) in [5.74, 6) is 0. The maximum absolute atomic E-state index is 10.7. The van der Waals surface area contributed by atoms with Gasteiger partial charge in [-0.25, -0.2) is 0 Å². The molecule has 6 heteroatoms. The van der Waals surface area contributed by atoms with Crippen molar-refractivity contribution in [3.63, 3.8) is 0 Å². The topological polar surface area (TPSA) is 76.1 Å². The Labute approximate surface area is 168 Å². The van der Waals surface area contributed by atoms with E-state index in [1.165, 1.54) is 11.1 Å². The predicted molar refractivity (Wildman–Crippen MR) is 110 cm³/mol. The molecule has 156 valence electrons. The molecule has 2 N–H and O–H groups in total. The van der Waals surface area contributed by atoms with Crippen molar-refractivity contribution in [2.75, 3.05) is 0 Å². The smallest absolute Gasteiger partial charge is 0.0792 e. The molecule has 1 aliphatic rings. The van der Waals surface area contributed by atoms with Crippen LogP contribution < -0.4 is 0 Å². The molecule has 3 unspecified atom stereocenters. The number of aliphatic hydroxyl groups excluding tert-OH is 2. The van der Waals surface area contributed by atoms with Crippen molar-refractivity contribution in [3.8, 4) is 0 Å². The van der Waals surface area contributed by atoms with E-state index in [2.05, 4.69) is 52.8 Å². The summed E-state index contributed by atoms with van der Waals surface area (Å²) in [5.41, 5.74) is 3.29. The second kappa shape index (κ2) is 7.64. The molecule has 2 aromatic heterocycles. The third-order valence-electron chi connectivity index (χ3n) is 5.69. The van der Waals surface area contributed by atoms with Crippen LogP contribution in [0.25, 0.3) is 0 Å². The van der Waals surface area contributed by atoms with E-state index in [1.54, 1.807) is 0 Å². The van der Waals surface area contributed by atoms with Crippen LogP contribution in [-0.4, -0.2) is 42.0 Å². The molecule has 0 aliphatic heterocycles. The Morgan fingerprint density at radius 2 is 1.82 bits per heavy atom. The van der Waals surface area contributed by atoms with Gasteiger partial charge in [-0.2, -0.15) is 10.2 Å². The number of hydrogen-bond acceptors (Lipinski definition) is 4. The van der Waals surface area contributed by atoms with E-state index in [0.717, 1.165) is 25.0 Å². The molecule has 0 aromatic carbocycles. The Hall–Kier alpha value is -1.66. The minimum Gasteiger partial charge on any atom is -0.393 e. The van der Waals surface area contributed by atoms with Crippen molar-refractivity contribution >= 4 is 0 Å². The van der Waals surface area contributed by atoms with E-state index in [9.17, 15) is 10.2 Å². The molecule has 0 radical (unpaired) electrons. The molecule has 2 heterocycles. The fraction of sp³-hybridized carbons (Fsp3) is 0.727. The van der Waals surface area contributed by atoms with Crippen molar-refractivity contribution in [1.29, 1.82) is 0 Å². The summed E-state index contributed by atoms with van der Waals surface area (Å²) < 4.78 is 3.84. The molecule has 0 spiro atoms. The minimum absolute atomic E-state index is 0.0460. The third kappa shape index (κ3) is 4.84. The number of aliphatic hydroxyl groups is 2. The molecule has 1 aliphatic carbocycles. The molecule has 6 nitrogen and oxygen atoms in total. The summed E-state index contributed by atoms with van der Waals surface area (Å²) >= 11 is 0. The molecule has 0 bridgehead atoms. The number of rotatable bonds is 5. The molecule has 3 rings (SSSR count). The summed E-state index contributed by atoms with van der Waals surface area (Å²) in [7, 11) is 0. The molecule has 0 amide bonds. The summed E-state index contributed by atoms with van der Waals surface area (Å²) in [5, 5.41) is 29.8. The fourth-order valence-electron chi connectivity index (χ4n) is 3.92. The molecule has 1 saturated carbocycles. The molecule has 0 saturated heterocycles. The number of hydrogen-bond donors (Lipinski definition) is 2. The first-order valence-electron chi connectivity index (χ1n) is 10.4. The summed E-state index contributed by atoms with van der Waals surface area (Å²) in [6, 6.07) is 0.252. The lowest BCUT2D eigenvalue weighted by molar-refractivity contribution is 0.147. The van der Waals surface area contributed by atoms with Crippen LogP contribution in [0.3, 0.4) is 0 Å². The second-order valence-electron chi connectivity index (χ2n) is 10.4. The van der Waals surface area contributed by atoms with E-state index < -0.39 is 6.10 Å². The number of nitrogens with zero attached hydrogens (tertiary/aromatic N) is 4. The van der Waals surface area contributed by atoms with Crippen molar-refractivity contribution in [3.05, 3.63) is 35.4 Å². The third-order valence-corrected chi connectivity index (χ3v) is 5.69. The minimum atomic E-state index is -0.550. The van der Waals surface area contributed by atoms with Gasteiger partial charge in [0.1, 0.15) is 0 Å². The monoisotopic (exact) mass is 388 g/mol. The Balaban J connectivity index is 1.75. The van der Waals surface area contributed by atoms with Crippen molar-refractivity contribution < 1.29 is 10.2 Å². The van der Waals surface area contributed by atoms with Gasteiger partial charge in [-0.15, -0.1) is 0 Å². The molecule has 3 atom stereocenters. The highest BCUT2D eigenvalue weighted by molar-refractivity contribution is 5.26. The maximum Gasteiger partial charge on any atom is 0.0792 e. The standard InChI is InChI=1S/C22H36N4O2/c1-21(2,3)15-11-23-25(12-15)13-18(28)10-20-19(22(4,5)6)14-26(24-20)16-7-8-17(27)9-16/h11-12,14,16-18,27-28H,7-10,13H2,1-6H3. The molecule has 2 aromatic rings. The van der Waals surface area contributed by atoms with Crippen LogP contribution in [0.4, 0.5) is 0 Å². The van der Waals surface area contributed by atoms with Crippen LogP contribution in [0.5, 0.6) is 0 Å². The lowest BCUT2D eigenvalue weighted by Crippen LogP contribution is -2.22. The van der Waals surface area contributed by atoms with Gasteiger partial charge in [0.2, 0.25) is 0 Å². The SMILES string of the molecule is CC(C)(C)c1cnn(CC(O)Cc2nn(C3CCC(O)C3)cc2C(C)(C)C)c1. The Morgan fingerprint density at radius 3 is 2.36 bits per heavy atom. The van der Waals surface area contributed by atoms with Crippen LogP contribution >= 0.6 is 0 Å². The first-order valence-corrected chi connectivity index (χ1v) is 10.4. The van der Waals surface area contributed by atoms with Gasteiger partial charge in [0.05, 0.1) is 36.7 Å². The summed E-state index contributed by atoms with van der Waals surface area (Å²) in [6.07, 6.45) is 8.30. The van der Waals surface area contributed by atoms with Gasteiger partial charge >= 0.3 is 0 Å². The highest BCUT2D eigenvalue weighted by atomic mass is 16.3. The van der Waals surface area contributed by atoms with Gasteiger partial charge in [-0.3, -0.25) is 9.36 Å². The van der Waals surface area contributed by atoms with Gasteiger partial charge in [0.15, 0.2) is 0 Å². The van der Waals surface area contributed by atoms with Gasteiger partial charge in [-0.05, 0) is 41.2 Å². The summed E-state index contributed by atoms with van der Waals surface area (Å²) in [6.45, 7) is 13.5. The van der Waals surface area contributed by atoms with Gasteiger partial charge in [0.25, 0.3) is 0 Å². The average Bonchev–Trinajstić information content (AvgIpc) is 3.25. The zero-order valence-electron chi connectivity index (χ0n) is 18.2. The quantitative estimate of drug-likeness (QED) is 0.823. The Morgan fingerprint density at radius 1 is 1.11 bits per heavy atom. The van der Waals surface area contributed by atoms with Crippen molar-refractivity contribution in [1.82, 2.24) is 19.6 Å². The first kappa shape index (κ1) is 21.1. The first-order chi connectivity index (χ1) is 12.9. The highest BCUT2D eigenvalue weighted by Crippen LogP contribution is 2.33. The molecular formula is C22H36N4O2. The van der Waals surface area contributed by atoms with Crippen LogP contribution in [0.1, 0.15) is 83.7 Å². The van der Waals surface area contributed by atoms with E-state index in [-0.39, 0.29) is 23.0 Å². The zero-order valence-corrected chi connectivity index (χ0v) is 18.2. The van der Waals surface area contributed by atoms with Gasteiger partial charge < -0.3 is 10.2 Å². The zero-order chi connectivity index (χ0) is 20.7. The molecular weight excluding hydrogens is 352 g/mol. The van der Waals surface area contributed by atoms with Crippen LogP contribution in [0.15, 0.2) is 18.6 Å². The fourth-order valence-corrected chi connectivity index (χ4v) is 3.92. The largest absolute Gasteiger partial charge is 0.393 e. The van der Waals surface area contributed by atoms with Crippen molar-refractivity contribution in [2.45, 2.75) is 103 Å². The van der Waals surface area contributed by atoms with Crippen LogP contribution in [0, 0.1) is 0 Å². The van der Waals surface area contributed by atoms with E-state index in [1.807, 2.05) is 21.8 Å².